The van der Waals surface area contributed by atoms with E-state index in [1.54, 1.807) is 13.3 Å². The second kappa shape index (κ2) is 8.11. The lowest BCUT2D eigenvalue weighted by Crippen LogP contribution is -2.32. The lowest BCUT2D eigenvalue weighted by molar-refractivity contribution is -0.137. The number of nitrogens with zero attached hydrogens (tertiary/aromatic N) is 3. The zero-order chi connectivity index (χ0) is 17.5. The van der Waals surface area contributed by atoms with Crippen molar-refractivity contribution in [2.45, 2.75) is 0 Å². The molecule has 0 fully saturated rings. The van der Waals surface area contributed by atoms with Gasteiger partial charge in [0, 0.05) is 14.2 Å². The molecule has 128 valence electrons. The van der Waals surface area contributed by atoms with E-state index in [9.17, 15) is 9.59 Å². The second-order valence-corrected chi connectivity index (χ2v) is 5.02. The fourth-order valence-electron chi connectivity index (χ4n) is 2.02. The fraction of sp³-hybridized carbons (Fsp3) is 0.312. The highest BCUT2D eigenvalue weighted by Gasteiger charge is 2.23. The third-order valence-electron chi connectivity index (χ3n) is 3.17. The van der Waals surface area contributed by atoms with E-state index in [-0.39, 0.29) is 18.1 Å². The molecule has 1 aromatic carbocycles. The molecule has 24 heavy (non-hydrogen) atoms. The highest BCUT2D eigenvalue weighted by molar-refractivity contribution is 5.96. The Labute approximate surface area is 139 Å². The van der Waals surface area contributed by atoms with Gasteiger partial charge in [-0.25, -0.2) is 4.68 Å². The van der Waals surface area contributed by atoms with Crippen LogP contribution in [-0.2, 0) is 9.53 Å². The van der Waals surface area contributed by atoms with E-state index in [4.69, 9.17) is 14.6 Å². The maximum Gasteiger partial charge on any atom is 0.323 e. The number of carboxylic acid groups (broad SMARTS) is 1. The van der Waals surface area contributed by atoms with Gasteiger partial charge in [0.25, 0.3) is 5.91 Å². The number of rotatable bonds is 8. The molecule has 0 spiro atoms. The molecule has 1 N–H and O–H groups in total. The molecule has 1 aromatic heterocycles. The van der Waals surface area contributed by atoms with Gasteiger partial charge in [0.2, 0.25) is 0 Å². The van der Waals surface area contributed by atoms with Crippen LogP contribution in [0.5, 0.6) is 5.75 Å². The number of amides is 1. The van der Waals surface area contributed by atoms with Crippen molar-refractivity contribution in [3.63, 3.8) is 0 Å². The third kappa shape index (κ3) is 4.32. The van der Waals surface area contributed by atoms with Crippen LogP contribution in [0, 0.1) is 0 Å². The molecule has 0 radical (unpaired) electrons. The van der Waals surface area contributed by atoms with Gasteiger partial charge < -0.3 is 19.5 Å². The average molecular weight is 333 g/mol. The standard InChI is InChI=1S/C16H19N3O5/c1-18(11-14(20)21)16(22)15-13(24-9-8-23-2)10-19(17-15)12-6-4-3-5-7-12/h3-7,10H,8-9,11H2,1-2H3,(H,20,21). The number of hydrogen-bond donors (Lipinski definition) is 1. The number of para-hydroxylation sites is 1. The topological polar surface area (TPSA) is 93.9 Å². The van der Waals surface area contributed by atoms with E-state index in [1.165, 1.54) is 11.7 Å². The van der Waals surface area contributed by atoms with E-state index in [0.29, 0.717) is 6.61 Å². The minimum absolute atomic E-state index is 0.0544. The summed E-state index contributed by atoms with van der Waals surface area (Å²) in [5, 5.41) is 13.1. The summed E-state index contributed by atoms with van der Waals surface area (Å²) in [6.07, 6.45) is 1.59. The molecule has 0 unspecified atom stereocenters. The van der Waals surface area contributed by atoms with Crippen LogP contribution in [0.15, 0.2) is 36.5 Å². The van der Waals surface area contributed by atoms with E-state index in [0.717, 1.165) is 10.6 Å². The minimum atomic E-state index is -1.10. The summed E-state index contributed by atoms with van der Waals surface area (Å²) >= 11 is 0. The van der Waals surface area contributed by atoms with Crippen molar-refractivity contribution in [2.75, 3.05) is 33.9 Å². The molecule has 2 rings (SSSR count). The van der Waals surface area contributed by atoms with Gasteiger partial charge in [-0.3, -0.25) is 9.59 Å². The molecule has 0 atom stereocenters. The second-order valence-electron chi connectivity index (χ2n) is 5.02. The molecule has 1 heterocycles. The first-order chi connectivity index (χ1) is 11.5. The number of methoxy groups -OCH3 is 1. The van der Waals surface area contributed by atoms with Gasteiger partial charge in [-0.15, -0.1) is 0 Å². The quantitative estimate of drug-likeness (QED) is 0.726. The summed E-state index contributed by atoms with van der Waals surface area (Å²) in [5.74, 6) is -1.35. The van der Waals surface area contributed by atoms with Gasteiger partial charge in [-0.05, 0) is 12.1 Å². The van der Waals surface area contributed by atoms with Crippen LogP contribution in [0.1, 0.15) is 10.5 Å². The first-order valence-corrected chi connectivity index (χ1v) is 7.27. The lowest BCUT2D eigenvalue weighted by atomic mass is 10.3. The predicted molar refractivity (Wildman–Crippen MR) is 85.5 cm³/mol. The van der Waals surface area contributed by atoms with Crippen molar-refractivity contribution in [3.05, 3.63) is 42.2 Å². The van der Waals surface area contributed by atoms with Gasteiger partial charge >= 0.3 is 5.97 Å². The Balaban J connectivity index is 2.31. The molecule has 0 bridgehead atoms. The van der Waals surface area contributed by atoms with Crippen molar-refractivity contribution >= 4 is 11.9 Å². The molecule has 2 aromatic rings. The van der Waals surface area contributed by atoms with Crippen molar-refractivity contribution in [3.8, 4) is 11.4 Å². The summed E-state index contributed by atoms with van der Waals surface area (Å²) in [6.45, 7) is 0.184. The monoisotopic (exact) mass is 333 g/mol. The Morgan fingerprint density at radius 3 is 2.58 bits per heavy atom. The lowest BCUT2D eigenvalue weighted by Gasteiger charge is -2.13. The molecule has 0 aliphatic carbocycles. The highest BCUT2D eigenvalue weighted by Crippen LogP contribution is 2.21. The van der Waals surface area contributed by atoms with Crippen molar-refractivity contribution in [2.24, 2.45) is 0 Å². The van der Waals surface area contributed by atoms with Crippen molar-refractivity contribution in [1.29, 1.82) is 0 Å². The Morgan fingerprint density at radius 1 is 1.25 bits per heavy atom. The average Bonchev–Trinajstić information content (AvgIpc) is 2.98. The van der Waals surface area contributed by atoms with Crippen LogP contribution in [0.2, 0.25) is 0 Å². The van der Waals surface area contributed by atoms with Crippen LogP contribution in [0.25, 0.3) is 5.69 Å². The number of aromatic nitrogens is 2. The van der Waals surface area contributed by atoms with Crippen LogP contribution in [0.4, 0.5) is 0 Å². The summed E-state index contributed by atoms with van der Waals surface area (Å²) in [5.41, 5.74) is 0.813. The van der Waals surface area contributed by atoms with E-state index >= 15 is 0 Å². The molecule has 0 aliphatic heterocycles. The summed E-state index contributed by atoms with van der Waals surface area (Å²) in [6, 6.07) is 9.24. The fourth-order valence-corrected chi connectivity index (χ4v) is 2.02. The highest BCUT2D eigenvalue weighted by atomic mass is 16.5. The molecule has 0 aliphatic rings. The zero-order valence-electron chi connectivity index (χ0n) is 13.5. The summed E-state index contributed by atoms with van der Waals surface area (Å²) < 4.78 is 12.0. The first-order valence-electron chi connectivity index (χ1n) is 7.27. The van der Waals surface area contributed by atoms with Crippen LogP contribution >= 0.6 is 0 Å². The summed E-state index contributed by atoms with van der Waals surface area (Å²) in [4.78, 5) is 24.3. The maximum absolute atomic E-state index is 12.5. The van der Waals surface area contributed by atoms with E-state index in [1.807, 2.05) is 30.3 Å². The summed E-state index contributed by atoms with van der Waals surface area (Å²) in [7, 11) is 2.94. The number of aliphatic carboxylic acids is 1. The van der Waals surface area contributed by atoms with Gasteiger partial charge in [-0.2, -0.15) is 5.10 Å². The van der Waals surface area contributed by atoms with Crippen LogP contribution in [-0.4, -0.2) is 65.6 Å². The first kappa shape index (κ1) is 17.5. The molecular weight excluding hydrogens is 314 g/mol. The van der Waals surface area contributed by atoms with E-state index < -0.39 is 18.4 Å². The Bertz CT molecular complexity index is 699. The Morgan fingerprint density at radius 2 is 1.96 bits per heavy atom. The van der Waals surface area contributed by atoms with Gasteiger partial charge in [0.15, 0.2) is 11.4 Å². The number of ether oxygens (including phenoxy) is 2. The molecule has 0 saturated heterocycles. The van der Waals surface area contributed by atoms with Crippen molar-refractivity contribution in [1.82, 2.24) is 14.7 Å². The number of carbonyl (C=O) groups is 2. The van der Waals surface area contributed by atoms with Crippen LogP contribution < -0.4 is 4.74 Å². The van der Waals surface area contributed by atoms with Gasteiger partial charge in [0.05, 0.1) is 18.5 Å². The molecule has 8 heteroatoms. The maximum atomic E-state index is 12.5. The van der Waals surface area contributed by atoms with Crippen molar-refractivity contribution < 1.29 is 24.2 Å². The van der Waals surface area contributed by atoms with Gasteiger partial charge in [0.1, 0.15) is 13.2 Å². The number of likely N-dealkylation sites (N-methyl/N-ethyl adjacent to an activating group) is 1. The normalized spacial score (nSPS) is 10.4. The van der Waals surface area contributed by atoms with E-state index in [2.05, 4.69) is 5.10 Å². The largest absolute Gasteiger partial charge is 0.487 e. The smallest absolute Gasteiger partial charge is 0.323 e. The zero-order valence-corrected chi connectivity index (χ0v) is 13.5. The molecule has 0 saturated carbocycles. The number of carboxylic acids is 1. The molecule has 8 nitrogen and oxygen atoms in total. The number of carbonyl (C=O) groups excluding carboxylic acids is 1. The third-order valence-corrected chi connectivity index (χ3v) is 3.17. The Kier molecular flexibility index (Phi) is 5.91. The van der Waals surface area contributed by atoms with Gasteiger partial charge in [-0.1, -0.05) is 18.2 Å². The SMILES string of the molecule is COCCOc1cn(-c2ccccc2)nc1C(=O)N(C)CC(=O)O. The minimum Gasteiger partial charge on any atom is -0.487 e. The number of benzene rings is 1. The Hall–Kier alpha value is -2.87. The molecule has 1 amide bonds. The number of hydrogen-bond acceptors (Lipinski definition) is 5. The molecular formula is C16H19N3O5. The predicted octanol–water partition coefficient (Wildman–Crippen LogP) is 1.05. The van der Waals surface area contributed by atoms with Crippen LogP contribution in [0.3, 0.4) is 0 Å².